The molecular formula is C14H9Cl2FO3S. The number of ketones is 1. The number of benzene rings is 2. The Morgan fingerprint density at radius 2 is 1.57 bits per heavy atom. The molecule has 0 radical (unpaired) electrons. The van der Waals surface area contributed by atoms with Gasteiger partial charge in [-0.2, -0.15) is 0 Å². The summed E-state index contributed by atoms with van der Waals surface area (Å²) in [6.07, 6.45) is 0. The van der Waals surface area contributed by atoms with E-state index < -0.39 is 27.2 Å². The van der Waals surface area contributed by atoms with Crippen LogP contribution < -0.4 is 0 Å². The smallest absolute Gasteiger partial charge is 0.188 e. The number of hydrogen-bond donors (Lipinski definition) is 0. The van der Waals surface area contributed by atoms with E-state index in [2.05, 4.69) is 0 Å². The zero-order valence-corrected chi connectivity index (χ0v) is 12.8. The second-order valence-electron chi connectivity index (χ2n) is 4.21. The van der Waals surface area contributed by atoms with E-state index in [1.165, 1.54) is 36.4 Å². The third-order valence-electron chi connectivity index (χ3n) is 2.73. The van der Waals surface area contributed by atoms with Crippen molar-refractivity contribution in [2.24, 2.45) is 0 Å². The first kappa shape index (κ1) is 15.9. The van der Waals surface area contributed by atoms with E-state index in [0.717, 1.165) is 6.07 Å². The van der Waals surface area contributed by atoms with Crippen LogP contribution in [0.5, 0.6) is 0 Å². The molecule has 0 aromatic heterocycles. The number of carbonyl (C=O) groups is 1. The van der Waals surface area contributed by atoms with Gasteiger partial charge in [0.1, 0.15) is 16.5 Å². The molecule has 0 aliphatic carbocycles. The average molecular weight is 347 g/mol. The highest BCUT2D eigenvalue weighted by Crippen LogP contribution is 2.30. The summed E-state index contributed by atoms with van der Waals surface area (Å²) in [6, 6.07) is 9.37. The molecule has 0 saturated carbocycles. The summed E-state index contributed by atoms with van der Waals surface area (Å²) in [6.45, 7) is 0. The lowest BCUT2D eigenvalue weighted by Gasteiger charge is -2.08. The highest BCUT2D eigenvalue weighted by Gasteiger charge is 2.26. The zero-order valence-electron chi connectivity index (χ0n) is 10.5. The van der Waals surface area contributed by atoms with Crippen molar-refractivity contribution in [2.75, 3.05) is 5.75 Å². The van der Waals surface area contributed by atoms with Crippen LogP contribution in [0.15, 0.2) is 47.4 Å². The summed E-state index contributed by atoms with van der Waals surface area (Å²) in [5.74, 6) is -2.54. The Bertz CT molecular complexity index is 783. The van der Waals surface area contributed by atoms with Gasteiger partial charge >= 0.3 is 0 Å². The Labute approximate surface area is 131 Å². The van der Waals surface area contributed by atoms with Crippen LogP contribution in [0.25, 0.3) is 0 Å². The van der Waals surface area contributed by atoms with Crippen LogP contribution in [0.3, 0.4) is 0 Å². The predicted molar refractivity (Wildman–Crippen MR) is 79.2 cm³/mol. The van der Waals surface area contributed by atoms with Crippen molar-refractivity contribution in [3.8, 4) is 0 Å². The molecule has 2 aromatic rings. The maximum absolute atomic E-state index is 13.5. The van der Waals surface area contributed by atoms with E-state index in [1.807, 2.05) is 0 Å². The molecule has 0 unspecified atom stereocenters. The Hall–Kier alpha value is -1.43. The maximum atomic E-state index is 13.5. The lowest BCUT2D eigenvalue weighted by Crippen LogP contribution is -2.18. The molecule has 0 atom stereocenters. The van der Waals surface area contributed by atoms with Crippen molar-refractivity contribution in [3.05, 3.63) is 63.9 Å². The predicted octanol–water partition coefficient (Wildman–Crippen LogP) is 3.79. The van der Waals surface area contributed by atoms with Gasteiger partial charge in [-0.25, -0.2) is 12.8 Å². The van der Waals surface area contributed by atoms with E-state index in [1.54, 1.807) is 0 Å². The van der Waals surface area contributed by atoms with Crippen LogP contribution in [-0.2, 0) is 9.84 Å². The molecule has 0 bridgehead atoms. The first-order chi connectivity index (χ1) is 9.83. The highest BCUT2D eigenvalue weighted by molar-refractivity contribution is 7.92. The van der Waals surface area contributed by atoms with Gasteiger partial charge in [0.2, 0.25) is 0 Å². The summed E-state index contributed by atoms with van der Waals surface area (Å²) in [5, 5.41) is -0.160. The standard InChI is InChI=1S/C14H9Cl2FO3S/c15-10-5-3-6-11(16)14(10)21(19,20)8-13(18)9-4-1-2-7-12(9)17/h1-7H,8H2. The van der Waals surface area contributed by atoms with Gasteiger partial charge in [-0.1, -0.05) is 41.4 Å². The van der Waals surface area contributed by atoms with Crippen molar-refractivity contribution in [1.29, 1.82) is 0 Å². The molecule has 7 heteroatoms. The van der Waals surface area contributed by atoms with Crippen LogP contribution in [0.1, 0.15) is 10.4 Å². The Kier molecular flexibility index (Phi) is 4.66. The second kappa shape index (κ2) is 6.13. The summed E-state index contributed by atoms with van der Waals surface area (Å²) in [7, 11) is -4.07. The highest BCUT2D eigenvalue weighted by atomic mass is 35.5. The molecule has 3 nitrogen and oxygen atoms in total. The molecule has 2 aromatic carbocycles. The number of halogens is 3. The third-order valence-corrected chi connectivity index (χ3v) is 5.28. The van der Waals surface area contributed by atoms with Crippen LogP contribution in [0.2, 0.25) is 10.0 Å². The van der Waals surface area contributed by atoms with Crippen molar-refractivity contribution < 1.29 is 17.6 Å². The zero-order chi connectivity index (χ0) is 15.6. The second-order valence-corrected chi connectivity index (χ2v) is 6.95. The first-order valence-electron chi connectivity index (χ1n) is 5.77. The van der Waals surface area contributed by atoms with Crippen molar-refractivity contribution >= 4 is 38.8 Å². The Balaban J connectivity index is 2.39. The molecule has 0 aliphatic rings. The van der Waals surface area contributed by atoms with E-state index in [0.29, 0.717) is 0 Å². The van der Waals surface area contributed by atoms with Crippen molar-refractivity contribution in [1.82, 2.24) is 0 Å². The summed E-state index contributed by atoms with van der Waals surface area (Å²) >= 11 is 11.7. The van der Waals surface area contributed by atoms with E-state index in [-0.39, 0.29) is 20.5 Å². The minimum absolute atomic E-state index is 0.0798. The van der Waals surface area contributed by atoms with Crippen molar-refractivity contribution in [2.45, 2.75) is 4.90 Å². The van der Waals surface area contributed by atoms with Crippen LogP contribution in [0, 0.1) is 5.82 Å². The number of Topliss-reactive ketones (excluding diaryl/α,β-unsaturated/α-hetero) is 1. The fraction of sp³-hybridized carbons (Fsp3) is 0.0714. The van der Waals surface area contributed by atoms with Crippen LogP contribution in [-0.4, -0.2) is 20.0 Å². The normalized spacial score (nSPS) is 11.4. The van der Waals surface area contributed by atoms with Gasteiger partial charge in [0.05, 0.1) is 15.6 Å². The molecule has 0 aliphatic heterocycles. The minimum atomic E-state index is -4.07. The lowest BCUT2D eigenvalue weighted by molar-refractivity contribution is 0.101. The molecule has 0 spiro atoms. The molecular weight excluding hydrogens is 338 g/mol. The quantitative estimate of drug-likeness (QED) is 0.791. The van der Waals surface area contributed by atoms with Gasteiger partial charge in [0.15, 0.2) is 15.6 Å². The topological polar surface area (TPSA) is 51.2 Å². The SMILES string of the molecule is O=C(CS(=O)(=O)c1c(Cl)cccc1Cl)c1ccccc1F. The van der Waals surface area contributed by atoms with E-state index in [4.69, 9.17) is 23.2 Å². The molecule has 110 valence electrons. The lowest BCUT2D eigenvalue weighted by atomic mass is 10.1. The molecule has 21 heavy (non-hydrogen) atoms. The van der Waals surface area contributed by atoms with E-state index in [9.17, 15) is 17.6 Å². The van der Waals surface area contributed by atoms with Crippen molar-refractivity contribution in [3.63, 3.8) is 0 Å². The summed E-state index contributed by atoms with van der Waals surface area (Å²) < 4.78 is 38.0. The molecule has 0 amide bonds. The largest absolute Gasteiger partial charge is 0.293 e. The van der Waals surface area contributed by atoms with Gasteiger partial charge < -0.3 is 0 Å². The number of carbonyl (C=O) groups excluding carboxylic acids is 1. The fourth-order valence-corrected chi connectivity index (χ4v) is 4.27. The molecule has 0 fully saturated rings. The molecule has 0 saturated heterocycles. The average Bonchev–Trinajstić information content (AvgIpc) is 2.37. The van der Waals surface area contributed by atoms with Gasteiger partial charge in [-0.15, -0.1) is 0 Å². The first-order valence-corrected chi connectivity index (χ1v) is 8.18. The molecule has 0 N–H and O–H groups in total. The number of sulfone groups is 1. The van der Waals surface area contributed by atoms with Gasteiger partial charge in [0.25, 0.3) is 0 Å². The fourth-order valence-electron chi connectivity index (χ4n) is 1.79. The Morgan fingerprint density at radius 3 is 2.14 bits per heavy atom. The number of hydrogen-bond acceptors (Lipinski definition) is 3. The van der Waals surface area contributed by atoms with Crippen LogP contribution in [0.4, 0.5) is 4.39 Å². The van der Waals surface area contributed by atoms with Gasteiger partial charge in [-0.05, 0) is 24.3 Å². The van der Waals surface area contributed by atoms with E-state index >= 15 is 0 Å². The maximum Gasteiger partial charge on any atom is 0.188 e. The molecule has 2 rings (SSSR count). The third kappa shape index (κ3) is 3.43. The minimum Gasteiger partial charge on any atom is -0.293 e. The number of rotatable bonds is 4. The summed E-state index contributed by atoms with van der Waals surface area (Å²) in [5.41, 5.74) is -0.288. The van der Waals surface area contributed by atoms with Gasteiger partial charge in [-0.3, -0.25) is 4.79 Å². The Morgan fingerprint density at radius 1 is 1.00 bits per heavy atom. The van der Waals surface area contributed by atoms with Crippen LogP contribution >= 0.6 is 23.2 Å². The summed E-state index contributed by atoms with van der Waals surface area (Å²) in [4.78, 5) is 11.7. The van der Waals surface area contributed by atoms with Gasteiger partial charge in [0, 0.05) is 0 Å². The monoisotopic (exact) mass is 346 g/mol. The molecule has 0 heterocycles.